The van der Waals surface area contributed by atoms with Crippen LogP contribution < -0.4 is 0 Å². The maximum Gasteiger partial charge on any atom is 0.222 e. The predicted molar refractivity (Wildman–Crippen MR) is 112 cm³/mol. The monoisotopic (exact) mass is 408 g/mol. The van der Waals surface area contributed by atoms with Gasteiger partial charge < -0.3 is 10.2 Å². The quantitative estimate of drug-likeness (QED) is 0.467. The number of nitrogens with zero attached hydrogens (tertiary/aromatic N) is 2. The van der Waals surface area contributed by atoms with Crippen molar-refractivity contribution in [2.24, 2.45) is 5.92 Å². The van der Waals surface area contributed by atoms with E-state index in [9.17, 15) is 15.0 Å². The van der Waals surface area contributed by atoms with Crippen LogP contribution in [0.5, 0.6) is 11.5 Å². The molecule has 5 nitrogen and oxygen atoms in total. The first kappa shape index (κ1) is 19.4. The Morgan fingerprint density at radius 3 is 2.72 bits per heavy atom. The number of aromatic nitrogens is 2. The highest BCUT2D eigenvalue weighted by molar-refractivity contribution is 6.28. The number of carbonyl (C=O) groups is 1. The number of hydrogen-bond acceptors (Lipinski definition) is 5. The molecule has 0 spiro atoms. The van der Waals surface area contributed by atoms with Crippen LogP contribution in [0.25, 0.3) is 11.3 Å². The van der Waals surface area contributed by atoms with Crippen molar-refractivity contribution >= 4 is 17.4 Å². The van der Waals surface area contributed by atoms with E-state index in [1.54, 1.807) is 6.20 Å². The molecular formula is C23H21ClN2O3. The first-order valence-electron chi connectivity index (χ1n) is 9.53. The van der Waals surface area contributed by atoms with Crippen molar-refractivity contribution in [1.82, 2.24) is 9.97 Å². The molecule has 0 radical (unpaired) electrons. The summed E-state index contributed by atoms with van der Waals surface area (Å²) in [7, 11) is 0. The average molecular weight is 409 g/mol. The molecule has 2 N–H and O–H groups in total. The number of hydrogen-bond donors (Lipinski definition) is 2. The lowest BCUT2D eigenvalue weighted by atomic mass is 9.72. The van der Waals surface area contributed by atoms with Crippen LogP contribution in [0.3, 0.4) is 0 Å². The predicted octanol–water partition coefficient (Wildman–Crippen LogP) is 5.07. The molecule has 29 heavy (non-hydrogen) atoms. The zero-order valence-corrected chi connectivity index (χ0v) is 16.9. The maximum atomic E-state index is 13.3. The molecule has 0 fully saturated rings. The molecule has 6 heteroatoms. The molecule has 2 atom stereocenters. The standard InChI is InChI=1S/C23H21ClN2O3/c1-12-3-4-14-9-15(21-13(2)11-25-23(24)26-21)5-7-17(14)20(12)22(29)18-8-6-16(27)10-19(18)28/h5-12,20,27-28H,3-4H2,1-2H3/t12-,20?/m0/s1. The van der Waals surface area contributed by atoms with Gasteiger partial charge in [-0.05, 0) is 72.2 Å². The van der Waals surface area contributed by atoms with Gasteiger partial charge in [-0.2, -0.15) is 0 Å². The number of aryl methyl sites for hydroxylation is 2. The van der Waals surface area contributed by atoms with Gasteiger partial charge in [0.15, 0.2) is 5.78 Å². The van der Waals surface area contributed by atoms with Crippen molar-refractivity contribution in [3.63, 3.8) is 0 Å². The minimum atomic E-state index is -0.349. The van der Waals surface area contributed by atoms with Crippen LogP contribution in [-0.4, -0.2) is 26.0 Å². The van der Waals surface area contributed by atoms with Crippen molar-refractivity contribution in [2.45, 2.75) is 32.6 Å². The van der Waals surface area contributed by atoms with Gasteiger partial charge in [0.05, 0.1) is 17.2 Å². The number of benzene rings is 2. The lowest BCUT2D eigenvalue weighted by Gasteiger charge is -2.31. The summed E-state index contributed by atoms with van der Waals surface area (Å²) in [4.78, 5) is 21.7. The van der Waals surface area contributed by atoms with Gasteiger partial charge in [-0.1, -0.05) is 19.1 Å². The Morgan fingerprint density at radius 2 is 1.97 bits per heavy atom. The second-order valence-corrected chi connectivity index (χ2v) is 7.98. The molecular weight excluding hydrogens is 388 g/mol. The Kier molecular flexibility index (Phi) is 5.01. The SMILES string of the molecule is Cc1cnc(Cl)nc1-c1ccc2c(c1)CC[C@H](C)C2C(=O)c1ccc(O)cc1O. The van der Waals surface area contributed by atoms with Crippen molar-refractivity contribution in [3.8, 4) is 22.8 Å². The number of phenolic OH excluding ortho intramolecular Hbond substituents is 2. The first-order valence-corrected chi connectivity index (χ1v) is 9.91. The third-order valence-corrected chi connectivity index (χ3v) is 5.84. The molecule has 1 unspecified atom stereocenters. The Bertz CT molecular complexity index is 1110. The molecule has 0 saturated carbocycles. The molecule has 4 rings (SSSR count). The van der Waals surface area contributed by atoms with E-state index in [2.05, 4.69) is 23.0 Å². The Balaban J connectivity index is 1.76. The van der Waals surface area contributed by atoms with E-state index in [1.807, 2.05) is 19.1 Å². The van der Waals surface area contributed by atoms with Crippen LogP contribution in [-0.2, 0) is 6.42 Å². The average Bonchev–Trinajstić information content (AvgIpc) is 2.69. The van der Waals surface area contributed by atoms with Gasteiger partial charge in [0.25, 0.3) is 0 Å². The zero-order valence-electron chi connectivity index (χ0n) is 16.2. The highest BCUT2D eigenvalue weighted by Crippen LogP contribution is 2.41. The van der Waals surface area contributed by atoms with Gasteiger partial charge in [-0.25, -0.2) is 9.97 Å². The van der Waals surface area contributed by atoms with Gasteiger partial charge in [0.1, 0.15) is 11.5 Å². The molecule has 1 aliphatic carbocycles. The fourth-order valence-electron chi connectivity index (χ4n) is 4.14. The molecule has 0 amide bonds. The Labute approximate surface area is 174 Å². The summed E-state index contributed by atoms with van der Waals surface area (Å²) in [6.07, 6.45) is 3.44. The summed E-state index contributed by atoms with van der Waals surface area (Å²) >= 11 is 5.98. The van der Waals surface area contributed by atoms with E-state index >= 15 is 0 Å². The Hall–Kier alpha value is -2.92. The number of fused-ring (bicyclic) bond motifs is 1. The molecule has 0 saturated heterocycles. The van der Waals surface area contributed by atoms with Crippen LogP contribution in [0.2, 0.25) is 5.28 Å². The number of phenols is 2. The van der Waals surface area contributed by atoms with Gasteiger partial charge >= 0.3 is 0 Å². The number of Topliss-reactive ketones (excluding diaryl/α,β-unsaturated/α-hetero) is 1. The highest BCUT2D eigenvalue weighted by Gasteiger charge is 2.34. The fourth-order valence-corrected chi connectivity index (χ4v) is 4.27. The minimum Gasteiger partial charge on any atom is -0.508 e. The molecule has 0 aliphatic heterocycles. The van der Waals surface area contributed by atoms with E-state index in [4.69, 9.17) is 11.6 Å². The van der Waals surface area contributed by atoms with E-state index in [0.29, 0.717) is 0 Å². The van der Waals surface area contributed by atoms with Crippen LogP contribution in [0.1, 0.15) is 46.3 Å². The molecule has 2 aromatic carbocycles. The lowest BCUT2D eigenvalue weighted by molar-refractivity contribution is 0.0923. The first-order chi connectivity index (χ1) is 13.8. The van der Waals surface area contributed by atoms with Gasteiger partial charge in [0, 0.05) is 17.8 Å². The van der Waals surface area contributed by atoms with E-state index in [0.717, 1.165) is 40.8 Å². The second-order valence-electron chi connectivity index (χ2n) is 7.64. The smallest absolute Gasteiger partial charge is 0.222 e. The highest BCUT2D eigenvalue weighted by atomic mass is 35.5. The minimum absolute atomic E-state index is 0.0698. The van der Waals surface area contributed by atoms with Crippen molar-refractivity contribution in [1.29, 1.82) is 0 Å². The number of aromatic hydroxyl groups is 2. The van der Waals surface area contributed by atoms with Crippen LogP contribution in [0.4, 0.5) is 0 Å². The van der Waals surface area contributed by atoms with E-state index in [-0.39, 0.29) is 40.0 Å². The summed E-state index contributed by atoms with van der Waals surface area (Å²) < 4.78 is 0. The topological polar surface area (TPSA) is 83.3 Å². The molecule has 0 bridgehead atoms. The summed E-state index contributed by atoms with van der Waals surface area (Å²) in [5.41, 5.74) is 4.97. The molecule has 3 aromatic rings. The summed E-state index contributed by atoms with van der Waals surface area (Å²) in [6.45, 7) is 4.00. The third kappa shape index (κ3) is 3.58. The van der Waals surface area contributed by atoms with Gasteiger partial charge in [-0.15, -0.1) is 0 Å². The number of halogens is 1. The fraction of sp³-hybridized carbons (Fsp3) is 0.261. The van der Waals surface area contributed by atoms with Gasteiger partial charge in [0.2, 0.25) is 5.28 Å². The van der Waals surface area contributed by atoms with Crippen molar-refractivity contribution in [3.05, 3.63) is 70.1 Å². The molecule has 1 aliphatic rings. The zero-order chi connectivity index (χ0) is 20.7. The largest absolute Gasteiger partial charge is 0.508 e. The van der Waals surface area contributed by atoms with E-state index < -0.39 is 0 Å². The second kappa shape index (κ2) is 7.48. The van der Waals surface area contributed by atoms with Crippen LogP contribution in [0, 0.1) is 12.8 Å². The van der Waals surface area contributed by atoms with Gasteiger partial charge in [-0.3, -0.25) is 4.79 Å². The molecule has 148 valence electrons. The number of rotatable bonds is 3. The van der Waals surface area contributed by atoms with Crippen LogP contribution in [0.15, 0.2) is 42.6 Å². The number of ketones is 1. The van der Waals surface area contributed by atoms with Crippen LogP contribution >= 0.6 is 11.6 Å². The maximum absolute atomic E-state index is 13.3. The van der Waals surface area contributed by atoms with Crippen molar-refractivity contribution < 1.29 is 15.0 Å². The van der Waals surface area contributed by atoms with E-state index in [1.165, 1.54) is 18.2 Å². The van der Waals surface area contributed by atoms with Crippen molar-refractivity contribution in [2.75, 3.05) is 0 Å². The lowest BCUT2D eigenvalue weighted by Crippen LogP contribution is -2.26. The Morgan fingerprint density at radius 1 is 1.17 bits per heavy atom. The summed E-state index contributed by atoms with van der Waals surface area (Å²) in [5, 5.41) is 19.9. The third-order valence-electron chi connectivity index (χ3n) is 5.66. The summed E-state index contributed by atoms with van der Waals surface area (Å²) in [5.74, 6) is -0.607. The summed E-state index contributed by atoms with van der Waals surface area (Å²) in [6, 6.07) is 10.1. The number of carbonyl (C=O) groups excluding carboxylic acids is 1. The molecule has 1 heterocycles. The molecule has 1 aromatic heterocycles. The normalized spacial score (nSPS) is 18.3.